The van der Waals surface area contributed by atoms with Crippen LogP contribution in [0.4, 0.5) is 0 Å². The van der Waals surface area contributed by atoms with Gasteiger partial charge in [0.25, 0.3) is 5.91 Å². The Labute approximate surface area is 166 Å². The Hall–Kier alpha value is -2.85. The highest BCUT2D eigenvalue weighted by Crippen LogP contribution is 2.30. The summed E-state index contributed by atoms with van der Waals surface area (Å²) in [4.78, 5) is 15.9. The Balaban J connectivity index is 1.63. The molecule has 1 amide bonds. The molecule has 4 rings (SSSR count). The van der Waals surface area contributed by atoms with Crippen molar-refractivity contribution in [3.05, 3.63) is 106 Å². The molecule has 0 aliphatic heterocycles. The van der Waals surface area contributed by atoms with Crippen LogP contribution in [0.1, 0.15) is 27.4 Å². The van der Waals surface area contributed by atoms with Crippen molar-refractivity contribution in [2.75, 3.05) is 6.54 Å². The molecule has 3 aromatic carbocycles. The van der Waals surface area contributed by atoms with Crippen LogP contribution in [0.15, 0.2) is 89.5 Å². The Morgan fingerprint density at radius 1 is 0.926 bits per heavy atom. The number of amides is 1. The molecule has 0 bridgehead atoms. The maximum Gasteiger partial charge on any atom is 0.251 e. The van der Waals surface area contributed by atoms with Gasteiger partial charge in [-0.25, -0.2) is 0 Å². The molecule has 4 aromatic rings. The second-order valence-corrected chi connectivity index (χ2v) is 7.39. The van der Waals surface area contributed by atoms with E-state index in [1.807, 2.05) is 60.8 Å². The number of fused-ring (bicyclic) bond motifs is 1. The van der Waals surface area contributed by atoms with Crippen molar-refractivity contribution in [2.24, 2.45) is 0 Å². The van der Waals surface area contributed by atoms with Gasteiger partial charge in [0.15, 0.2) is 0 Å². The van der Waals surface area contributed by atoms with Crippen LogP contribution in [0, 0.1) is 0 Å². The third-order valence-corrected chi connectivity index (χ3v) is 5.30. The van der Waals surface area contributed by atoms with Crippen LogP contribution < -0.4 is 5.32 Å². The van der Waals surface area contributed by atoms with Gasteiger partial charge in [-0.2, -0.15) is 0 Å². The van der Waals surface area contributed by atoms with Gasteiger partial charge in [-0.15, -0.1) is 0 Å². The topological polar surface area (TPSA) is 44.9 Å². The molecule has 0 aliphatic rings. The van der Waals surface area contributed by atoms with Crippen LogP contribution >= 0.6 is 15.9 Å². The number of carbonyl (C=O) groups excluding carboxylic acids is 1. The van der Waals surface area contributed by atoms with Crippen LogP contribution in [0.5, 0.6) is 0 Å². The lowest BCUT2D eigenvalue weighted by molar-refractivity contribution is 0.0952. The van der Waals surface area contributed by atoms with Crippen molar-refractivity contribution in [3.8, 4) is 0 Å². The Morgan fingerprint density at radius 2 is 1.63 bits per heavy atom. The molecule has 0 saturated heterocycles. The summed E-state index contributed by atoms with van der Waals surface area (Å²) in [6, 6.07) is 26.0. The highest BCUT2D eigenvalue weighted by molar-refractivity contribution is 9.10. The molecule has 0 fully saturated rings. The van der Waals surface area contributed by atoms with Crippen molar-refractivity contribution in [1.82, 2.24) is 10.3 Å². The van der Waals surface area contributed by atoms with Crippen LogP contribution in [0.2, 0.25) is 0 Å². The number of H-pyrrole nitrogens is 1. The molecule has 2 N–H and O–H groups in total. The van der Waals surface area contributed by atoms with Crippen molar-refractivity contribution in [2.45, 2.75) is 5.92 Å². The molecule has 1 aromatic heterocycles. The minimum Gasteiger partial charge on any atom is -0.361 e. The van der Waals surface area contributed by atoms with E-state index in [0.717, 1.165) is 9.99 Å². The molecular formula is C23H19BrN2O. The second kappa shape index (κ2) is 7.80. The minimum atomic E-state index is -0.0664. The zero-order valence-electron chi connectivity index (χ0n) is 14.7. The lowest BCUT2D eigenvalue weighted by atomic mass is 9.91. The number of hydrogen-bond donors (Lipinski definition) is 2. The first-order chi connectivity index (χ1) is 13.2. The molecule has 0 unspecified atom stereocenters. The van der Waals surface area contributed by atoms with Gasteiger partial charge in [-0.3, -0.25) is 4.79 Å². The third-order valence-electron chi connectivity index (χ3n) is 4.77. The Morgan fingerprint density at radius 3 is 2.41 bits per heavy atom. The molecule has 1 atom stereocenters. The van der Waals surface area contributed by atoms with Gasteiger partial charge < -0.3 is 10.3 Å². The van der Waals surface area contributed by atoms with Crippen LogP contribution in [-0.2, 0) is 0 Å². The molecular weight excluding hydrogens is 400 g/mol. The summed E-state index contributed by atoms with van der Waals surface area (Å²) in [5, 5.41) is 4.29. The normalized spacial score (nSPS) is 12.0. The molecule has 3 nitrogen and oxygen atoms in total. The summed E-state index contributed by atoms with van der Waals surface area (Å²) < 4.78 is 0.958. The summed E-state index contributed by atoms with van der Waals surface area (Å²) in [6.45, 7) is 0.529. The lowest BCUT2D eigenvalue weighted by Crippen LogP contribution is -2.28. The van der Waals surface area contributed by atoms with E-state index in [2.05, 4.69) is 50.5 Å². The monoisotopic (exact) mass is 418 g/mol. The van der Waals surface area contributed by atoms with Gasteiger partial charge in [-0.1, -0.05) is 64.5 Å². The molecule has 1 heterocycles. The fourth-order valence-corrected chi connectivity index (χ4v) is 3.64. The first-order valence-corrected chi connectivity index (χ1v) is 9.66. The summed E-state index contributed by atoms with van der Waals surface area (Å²) in [5.41, 5.74) is 4.13. The molecule has 134 valence electrons. The molecule has 0 spiro atoms. The highest BCUT2D eigenvalue weighted by atomic mass is 79.9. The SMILES string of the molecule is O=C(NC[C@H](c1ccccc1)c1c[nH]c2ccccc12)c1ccc(Br)cc1. The van der Waals surface area contributed by atoms with E-state index in [9.17, 15) is 4.79 Å². The maximum atomic E-state index is 12.6. The first kappa shape index (κ1) is 17.6. The van der Waals surface area contributed by atoms with Crippen molar-refractivity contribution >= 4 is 32.7 Å². The first-order valence-electron chi connectivity index (χ1n) is 8.87. The van der Waals surface area contributed by atoms with E-state index in [1.165, 1.54) is 16.5 Å². The molecule has 4 heteroatoms. The smallest absolute Gasteiger partial charge is 0.251 e. The summed E-state index contributed by atoms with van der Waals surface area (Å²) in [7, 11) is 0. The number of hydrogen-bond acceptors (Lipinski definition) is 1. The quantitative estimate of drug-likeness (QED) is 0.441. The molecule has 0 radical (unpaired) electrons. The molecule has 0 saturated carbocycles. The summed E-state index contributed by atoms with van der Waals surface area (Å²) in [6.07, 6.45) is 2.05. The highest BCUT2D eigenvalue weighted by Gasteiger charge is 2.19. The van der Waals surface area contributed by atoms with E-state index in [-0.39, 0.29) is 11.8 Å². The Kier molecular flexibility index (Phi) is 5.07. The number of carbonyl (C=O) groups is 1. The van der Waals surface area contributed by atoms with E-state index >= 15 is 0 Å². The van der Waals surface area contributed by atoms with Crippen molar-refractivity contribution in [3.63, 3.8) is 0 Å². The standard InChI is InChI=1S/C23H19BrN2O/c24-18-12-10-17(11-13-18)23(27)26-14-20(16-6-2-1-3-7-16)21-15-25-22-9-5-4-8-19(21)22/h1-13,15,20,25H,14H2,(H,26,27)/t20-/m1/s1. The van der Waals surface area contributed by atoms with Crippen LogP contribution in [-0.4, -0.2) is 17.4 Å². The largest absolute Gasteiger partial charge is 0.361 e. The summed E-state index contributed by atoms with van der Waals surface area (Å²) >= 11 is 3.40. The molecule has 27 heavy (non-hydrogen) atoms. The van der Waals surface area contributed by atoms with Gasteiger partial charge >= 0.3 is 0 Å². The fourth-order valence-electron chi connectivity index (χ4n) is 3.37. The predicted molar refractivity (Wildman–Crippen MR) is 113 cm³/mol. The van der Waals surface area contributed by atoms with Crippen LogP contribution in [0.25, 0.3) is 10.9 Å². The summed E-state index contributed by atoms with van der Waals surface area (Å²) in [5.74, 6) is 0.00465. The van der Waals surface area contributed by atoms with E-state index in [4.69, 9.17) is 0 Å². The lowest BCUT2D eigenvalue weighted by Gasteiger charge is -2.18. The maximum absolute atomic E-state index is 12.6. The average Bonchev–Trinajstić information content (AvgIpc) is 3.13. The van der Waals surface area contributed by atoms with E-state index in [0.29, 0.717) is 12.1 Å². The number of halogens is 1. The van der Waals surface area contributed by atoms with Gasteiger partial charge in [0, 0.05) is 39.6 Å². The van der Waals surface area contributed by atoms with Gasteiger partial charge in [0.2, 0.25) is 0 Å². The number of aromatic amines is 1. The zero-order chi connectivity index (χ0) is 18.6. The van der Waals surface area contributed by atoms with Crippen LogP contribution in [0.3, 0.4) is 0 Å². The van der Waals surface area contributed by atoms with E-state index < -0.39 is 0 Å². The predicted octanol–water partition coefficient (Wildman–Crippen LogP) is 5.49. The average molecular weight is 419 g/mol. The van der Waals surface area contributed by atoms with E-state index in [1.54, 1.807) is 0 Å². The second-order valence-electron chi connectivity index (χ2n) is 6.47. The minimum absolute atomic E-state index is 0.0664. The fraction of sp³-hybridized carbons (Fsp3) is 0.0870. The number of nitrogens with one attached hydrogen (secondary N) is 2. The Bertz CT molecular complexity index is 1050. The number of para-hydroxylation sites is 1. The van der Waals surface area contributed by atoms with Gasteiger partial charge in [0.05, 0.1) is 0 Å². The zero-order valence-corrected chi connectivity index (χ0v) is 16.2. The third kappa shape index (κ3) is 3.81. The van der Waals surface area contributed by atoms with Gasteiger partial charge in [0.1, 0.15) is 0 Å². The van der Waals surface area contributed by atoms with Crippen molar-refractivity contribution < 1.29 is 4.79 Å². The number of rotatable bonds is 5. The number of benzene rings is 3. The number of aromatic nitrogens is 1. The molecule has 0 aliphatic carbocycles. The van der Waals surface area contributed by atoms with Gasteiger partial charge in [-0.05, 0) is 41.5 Å². The van der Waals surface area contributed by atoms with Crippen molar-refractivity contribution in [1.29, 1.82) is 0 Å².